The third-order valence-electron chi connectivity index (χ3n) is 5.42. The molecule has 2 fully saturated rings. The number of anilines is 1. The number of rotatable bonds is 6. The van der Waals surface area contributed by atoms with Gasteiger partial charge >= 0.3 is 0 Å². The molecule has 146 valence electrons. The van der Waals surface area contributed by atoms with E-state index in [2.05, 4.69) is 10.3 Å². The summed E-state index contributed by atoms with van der Waals surface area (Å²) in [7, 11) is 0. The highest BCUT2D eigenvalue weighted by Crippen LogP contribution is 2.25. The lowest BCUT2D eigenvalue weighted by Gasteiger charge is -2.16. The van der Waals surface area contributed by atoms with Crippen molar-refractivity contribution in [3.63, 3.8) is 0 Å². The summed E-state index contributed by atoms with van der Waals surface area (Å²) in [6.45, 7) is 0.812. The minimum atomic E-state index is -0.328. The first kappa shape index (κ1) is 18.5. The van der Waals surface area contributed by atoms with Crippen molar-refractivity contribution >= 4 is 17.5 Å². The Balaban J connectivity index is 1.28. The zero-order valence-corrected chi connectivity index (χ0v) is 15.8. The van der Waals surface area contributed by atoms with E-state index in [4.69, 9.17) is 4.74 Å². The molecule has 6 heteroatoms. The number of carbonyl (C=O) groups is 2. The molecule has 0 bridgehead atoms. The van der Waals surface area contributed by atoms with Gasteiger partial charge in [-0.05, 0) is 43.4 Å². The molecule has 1 aromatic heterocycles. The van der Waals surface area contributed by atoms with Gasteiger partial charge in [0.2, 0.25) is 17.7 Å². The average Bonchev–Trinajstić information content (AvgIpc) is 3.37. The second-order valence-electron chi connectivity index (χ2n) is 7.49. The fourth-order valence-corrected chi connectivity index (χ4v) is 3.84. The number of pyridine rings is 1. The Hall–Kier alpha value is -2.89. The molecule has 1 N–H and O–H groups in total. The van der Waals surface area contributed by atoms with Crippen molar-refractivity contribution < 1.29 is 14.3 Å². The maximum Gasteiger partial charge on any atom is 0.227 e. The van der Waals surface area contributed by atoms with Crippen LogP contribution in [0.1, 0.15) is 37.7 Å². The SMILES string of the molecule is O=C(NCc1ccc(OC2CCCC2)nc1)C1CC(=O)N(c2ccccc2)C1. The molecule has 1 aliphatic carbocycles. The summed E-state index contributed by atoms with van der Waals surface area (Å²) < 4.78 is 5.86. The largest absolute Gasteiger partial charge is 0.474 e. The molecule has 1 saturated carbocycles. The third kappa shape index (κ3) is 4.32. The van der Waals surface area contributed by atoms with E-state index in [9.17, 15) is 9.59 Å². The second kappa shape index (κ2) is 8.42. The van der Waals surface area contributed by atoms with Gasteiger partial charge in [-0.2, -0.15) is 0 Å². The molecule has 0 radical (unpaired) electrons. The maximum atomic E-state index is 12.5. The van der Waals surface area contributed by atoms with E-state index < -0.39 is 0 Å². The summed E-state index contributed by atoms with van der Waals surface area (Å²) in [5.74, 6) is 0.201. The molecular formula is C22H25N3O3. The summed E-state index contributed by atoms with van der Waals surface area (Å²) in [5, 5.41) is 2.93. The van der Waals surface area contributed by atoms with Gasteiger partial charge in [-0.25, -0.2) is 4.98 Å². The highest BCUT2D eigenvalue weighted by Gasteiger charge is 2.34. The summed E-state index contributed by atoms with van der Waals surface area (Å²) in [6.07, 6.45) is 6.90. The van der Waals surface area contributed by atoms with Gasteiger partial charge in [-0.3, -0.25) is 9.59 Å². The van der Waals surface area contributed by atoms with Crippen LogP contribution in [0.25, 0.3) is 0 Å². The molecule has 1 aliphatic heterocycles. The lowest BCUT2D eigenvalue weighted by Crippen LogP contribution is -2.32. The van der Waals surface area contributed by atoms with Crippen LogP contribution in [-0.4, -0.2) is 29.4 Å². The van der Waals surface area contributed by atoms with E-state index in [1.165, 1.54) is 12.8 Å². The van der Waals surface area contributed by atoms with Gasteiger partial charge in [0, 0.05) is 37.5 Å². The van der Waals surface area contributed by atoms with Gasteiger partial charge in [0.05, 0.1) is 5.92 Å². The average molecular weight is 379 g/mol. The molecule has 2 aromatic rings. The lowest BCUT2D eigenvalue weighted by atomic mass is 10.1. The quantitative estimate of drug-likeness (QED) is 0.837. The zero-order chi connectivity index (χ0) is 19.3. The normalized spacial score (nSPS) is 19.8. The van der Waals surface area contributed by atoms with Crippen molar-refractivity contribution in [2.24, 2.45) is 5.92 Å². The Labute approximate surface area is 164 Å². The van der Waals surface area contributed by atoms with Crippen LogP contribution in [0.5, 0.6) is 5.88 Å². The number of hydrogen-bond acceptors (Lipinski definition) is 4. The van der Waals surface area contributed by atoms with Crippen LogP contribution in [0.2, 0.25) is 0 Å². The van der Waals surface area contributed by atoms with Gasteiger partial charge in [0.1, 0.15) is 6.10 Å². The lowest BCUT2D eigenvalue weighted by molar-refractivity contribution is -0.126. The number of nitrogens with zero attached hydrogens (tertiary/aromatic N) is 2. The first-order chi connectivity index (χ1) is 13.7. The molecule has 1 atom stereocenters. The van der Waals surface area contributed by atoms with Gasteiger partial charge in [-0.15, -0.1) is 0 Å². The van der Waals surface area contributed by atoms with Gasteiger partial charge in [0.25, 0.3) is 0 Å². The summed E-state index contributed by atoms with van der Waals surface area (Å²) in [6, 6.07) is 13.3. The molecule has 1 saturated heterocycles. The second-order valence-corrected chi connectivity index (χ2v) is 7.49. The fraction of sp³-hybridized carbons (Fsp3) is 0.409. The fourth-order valence-electron chi connectivity index (χ4n) is 3.84. The Morgan fingerprint density at radius 1 is 1.14 bits per heavy atom. The van der Waals surface area contributed by atoms with Gasteiger partial charge < -0.3 is 15.0 Å². The summed E-state index contributed by atoms with van der Waals surface area (Å²) in [4.78, 5) is 30.8. The summed E-state index contributed by atoms with van der Waals surface area (Å²) >= 11 is 0. The van der Waals surface area contributed by atoms with Crippen molar-refractivity contribution in [3.05, 3.63) is 54.2 Å². The number of amides is 2. The minimum absolute atomic E-state index is 0.0126. The standard InChI is InChI=1S/C22H25N3O3/c26-21-12-17(15-25(21)18-6-2-1-3-7-18)22(27)24-14-16-10-11-20(23-13-16)28-19-8-4-5-9-19/h1-3,6-7,10-11,13,17,19H,4-5,8-9,12,14-15H2,(H,24,27). The van der Waals surface area contributed by atoms with Crippen LogP contribution in [0.3, 0.4) is 0 Å². The Morgan fingerprint density at radius 3 is 2.64 bits per heavy atom. The molecule has 2 heterocycles. The first-order valence-corrected chi connectivity index (χ1v) is 9.94. The Kier molecular flexibility index (Phi) is 5.55. The Morgan fingerprint density at radius 2 is 1.93 bits per heavy atom. The molecule has 6 nitrogen and oxygen atoms in total. The van der Waals surface area contributed by atoms with Gasteiger partial charge in [0.15, 0.2) is 0 Å². The molecule has 28 heavy (non-hydrogen) atoms. The van der Waals surface area contributed by atoms with Crippen LogP contribution < -0.4 is 15.0 Å². The van der Waals surface area contributed by atoms with Gasteiger partial charge in [-0.1, -0.05) is 24.3 Å². The van der Waals surface area contributed by atoms with Crippen molar-refractivity contribution in [1.82, 2.24) is 10.3 Å². The highest BCUT2D eigenvalue weighted by molar-refractivity contribution is 6.00. The van der Waals surface area contributed by atoms with Crippen molar-refractivity contribution in [3.8, 4) is 5.88 Å². The molecule has 1 aromatic carbocycles. The number of aromatic nitrogens is 1. The van der Waals surface area contributed by atoms with E-state index in [1.807, 2.05) is 42.5 Å². The van der Waals surface area contributed by atoms with Crippen molar-refractivity contribution in [1.29, 1.82) is 0 Å². The third-order valence-corrected chi connectivity index (χ3v) is 5.42. The number of hydrogen-bond donors (Lipinski definition) is 1. The van der Waals surface area contributed by atoms with E-state index in [-0.39, 0.29) is 30.3 Å². The first-order valence-electron chi connectivity index (χ1n) is 9.94. The number of para-hydroxylation sites is 1. The van der Waals surface area contributed by atoms with E-state index in [1.54, 1.807) is 11.1 Å². The van der Waals surface area contributed by atoms with E-state index in [0.29, 0.717) is 19.0 Å². The molecule has 1 unspecified atom stereocenters. The number of carbonyl (C=O) groups excluding carboxylic acids is 2. The van der Waals surface area contributed by atoms with Crippen LogP contribution in [-0.2, 0) is 16.1 Å². The molecule has 4 rings (SSSR count). The maximum absolute atomic E-state index is 12.5. The molecule has 2 aliphatic rings. The molecule has 2 amide bonds. The topological polar surface area (TPSA) is 71.5 Å². The van der Waals surface area contributed by atoms with Crippen LogP contribution >= 0.6 is 0 Å². The minimum Gasteiger partial charge on any atom is -0.474 e. The van der Waals surface area contributed by atoms with Crippen molar-refractivity contribution in [2.45, 2.75) is 44.8 Å². The molecular weight excluding hydrogens is 354 g/mol. The number of benzene rings is 1. The summed E-state index contributed by atoms with van der Waals surface area (Å²) in [5.41, 5.74) is 1.75. The predicted molar refractivity (Wildman–Crippen MR) is 106 cm³/mol. The molecule has 0 spiro atoms. The van der Waals surface area contributed by atoms with E-state index in [0.717, 1.165) is 24.1 Å². The van der Waals surface area contributed by atoms with Crippen LogP contribution in [0, 0.1) is 5.92 Å². The van der Waals surface area contributed by atoms with Crippen LogP contribution in [0.15, 0.2) is 48.7 Å². The highest BCUT2D eigenvalue weighted by atomic mass is 16.5. The van der Waals surface area contributed by atoms with Crippen molar-refractivity contribution in [2.75, 3.05) is 11.4 Å². The number of ether oxygens (including phenoxy) is 1. The zero-order valence-electron chi connectivity index (χ0n) is 15.8. The smallest absolute Gasteiger partial charge is 0.227 e. The van der Waals surface area contributed by atoms with Crippen LogP contribution in [0.4, 0.5) is 5.69 Å². The predicted octanol–water partition coefficient (Wildman–Crippen LogP) is 3.07. The van der Waals surface area contributed by atoms with E-state index >= 15 is 0 Å². The monoisotopic (exact) mass is 379 g/mol. The number of nitrogens with one attached hydrogen (secondary N) is 1. The Bertz CT molecular complexity index is 817.